The normalized spacial score (nSPS) is 11.6. The molecule has 0 spiro atoms. The van der Waals surface area contributed by atoms with Gasteiger partial charge in [-0.1, -0.05) is 25.6 Å². The zero-order valence-corrected chi connectivity index (χ0v) is 18.7. The molecule has 0 saturated heterocycles. The van der Waals surface area contributed by atoms with Gasteiger partial charge in [0.25, 0.3) is 5.56 Å². The van der Waals surface area contributed by atoms with Gasteiger partial charge in [0, 0.05) is 35.0 Å². The number of aromatic nitrogens is 3. The molecule has 0 saturated carbocycles. The monoisotopic (exact) mass is 444 g/mol. The summed E-state index contributed by atoms with van der Waals surface area (Å²) in [7, 11) is 0. The van der Waals surface area contributed by atoms with Gasteiger partial charge < -0.3 is 5.32 Å². The number of rotatable bonds is 6. The van der Waals surface area contributed by atoms with Crippen LogP contribution in [0.3, 0.4) is 0 Å². The zero-order valence-electron chi connectivity index (χ0n) is 16.3. The second-order valence-electron chi connectivity index (χ2n) is 7.18. The van der Waals surface area contributed by atoms with Crippen LogP contribution >= 0.6 is 34.4 Å². The molecular formula is C20H20N4O2S3. The fraction of sp³-hybridized carbons (Fsp3) is 0.300. The van der Waals surface area contributed by atoms with Gasteiger partial charge in [0.05, 0.1) is 15.9 Å². The lowest BCUT2D eigenvalue weighted by Gasteiger charge is -2.06. The Morgan fingerprint density at radius 1 is 1.28 bits per heavy atom. The highest BCUT2D eigenvalue weighted by molar-refractivity contribution is 8.00. The van der Waals surface area contributed by atoms with Crippen LogP contribution in [0.4, 0.5) is 5.69 Å². The largest absolute Gasteiger partial charge is 0.326 e. The van der Waals surface area contributed by atoms with E-state index in [1.54, 1.807) is 33.6 Å². The Hall–Kier alpha value is -2.23. The van der Waals surface area contributed by atoms with E-state index < -0.39 is 0 Å². The number of benzene rings is 1. The summed E-state index contributed by atoms with van der Waals surface area (Å²) in [5.74, 6) is 0.930. The van der Waals surface area contributed by atoms with Crippen LogP contribution in [0, 0.1) is 12.8 Å². The van der Waals surface area contributed by atoms with E-state index in [4.69, 9.17) is 0 Å². The smallest absolute Gasteiger partial charge is 0.258 e. The maximum absolute atomic E-state index is 12.3. The summed E-state index contributed by atoms with van der Waals surface area (Å²) in [6, 6.07) is 7.35. The van der Waals surface area contributed by atoms with Crippen molar-refractivity contribution in [3.8, 4) is 0 Å². The van der Waals surface area contributed by atoms with Crippen LogP contribution in [-0.4, -0.2) is 20.3 Å². The first kappa shape index (κ1) is 20.1. The molecule has 0 fully saturated rings. The van der Waals surface area contributed by atoms with Crippen molar-refractivity contribution in [3.05, 3.63) is 51.4 Å². The van der Waals surface area contributed by atoms with Crippen LogP contribution in [0.5, 0.6) is 0 Å². The van der Waals surface area contributed by atoms with Crippen LogP contribution in [-0.2, 0) is 10.5 Å². The zero-order chi connectivity index (χ0) is 20.5. The fourth-order valence-corrected chi connectivity index (χ4v) is 5.83. The maximum atomic E-state index is 12.3. The van der Waals surface area contributed by atoms with E-state index in [0.717, 1.165) is 36.6 Å². The summed E-state index contributed by atoms with van der Waals surface area (Å²) < 4.78 is 3.56. The Kier molecular flexibility index (Phi) is 5.71. The van der Waals surface area contributed by atoms with Gasteiger partial charge in [-0.15, -0.1) is 22.7 Å². The van der Waals surface area contributed by atoms with Crippen LogP contribution in [0.2, 0.25) is 0 Å². The van der Waals surface area contributed by atoms with E-state index in [1.807, 2.05) is 44.4 Å². The number of thioether (sulfide) groups is 1. The first-order valence-electron chi connectivity index (χ1n) is 9.19. The van der Waals surface area contributed by atoms with Crippen molar-refractivity contribution in [3.63, 3.8) is 0 Å². The van der Waals surface area contributed by atoms with Crippen molar-refractivity contribution in [1.29, 1.82) is 0 Å². The molecule has 0 aliphatic carbocycles. The van der Waals surface area contributed by atoms with Crippen molar-refractivity contribution in [2.75, 3.05) is 5.32 Å². The molecule has 1 amide bonds. The third-order valence-electron chi connectivity index (χ3n) is 4.22. The number of aryl methyl sites for hydroxylation is 1. The van der Waals surface area contributed by atoms with E-state index in [1.165, 1.54) is 11.3 Å². The third kappa shape index (κ3) is 4.52. The van der Waals surface area contributed by atoms with E-state index in [0.29, 0.717) is 18.1 Å². The van der Waals surface area contributed by atoms with E-state index >= 15 is 0 Å². The van der Waals surface area contributed by atoms with Crippen molar-refractivity contribution >= 4 is 61.2 Å². The first-order valence-corrected chi connectivity index (χ1v) is 11.9. The Morgan fingerprint density at radius 2 is 2.10 bits per heavy atom. The lowest BCUT2D eigenvalue weighted by atomic mass is 10.1. The van der Waals surface area contributed by atoms with Crippen LogP contribution in [0.25, 0.3) is 15.2 Å². The van der Waals surface area contributed by atoms with Crippen molar-refractivity contribution in [1.82, 2.24) is 14.4 Å². The molecule has 4 rings (SSSR count). The quantitative estimate of drug-likeness (QED) is 0.426. The molecule has 1 N–H and O–H groups in total. The predicted octanol–water partition coefficient (Wildman–Crippen LogP) is 4.95. The number of hydrogen-bond donors (Lipinski definition) is 1. The summed E-state index contributed by atoms with van der Waals surface area (Å²) in [6.45, 7) is 5.95. The Morgan fingerprint density at radius 3 is 2.90 bits per heavy atom. The fourth-order valence-electron chi connectivity index (χ4n) is 2.94. The molecule has 4 aromatic rings. The molecule has 0 aliphatic rings. The van der Waals surface area contributed by atoms with Gasteiger partial charge in [0.2, 0.25) is 5.91 Å². The first-order chi connectivity index (χ1) is 13.9. The van der Waals surface area contributed by atoms with Crippen molar-refractivity contribution in [2.45, 2.75) is 37.3 Å². The summed E-state index contributed by atoms with van der Waals surface area (Å²) in [5.41, 5.74) is 3.30. The van der Waals surface area contributed by atoms with Crippen LogP contribution in [0.1, 0.15) is 31.7 Å². The lowest BCUT2D eigenvalue weighted by molar-refractivity contribution is -0.116. The van der Waals surface area contributed by atoms with Crippen LogP contribution < -0.4 is 10.9 Å². The molecule has 0 radical (unpaired) electrons. The van der Waals surface area contributed by atoms with Crippen LogP contribution in [0.15, 0.2) is 38.8 Å². The average Bonchev–Trinajstić information content (AvgIpc) is 3.22. The van der Waals surface area contributed by atoms with Gasteiger partial charge in [-0.05, 0) is 31.0 Å². The van der Waals surface area contributed by atoms with Gasteiger partial charge in [-0.3, -0.25) is 14.0 Å². The number of nitrogens with zero attached hydrogens (tertiary/aromatic N) is 3. The summed E-state index contributed by atoms with van der Waals surface area (Å²) in [4.78, 5) is 34.2. The lowest BCUT2D eigenvalue weighted by Crippen LogP contribution is -2.14. The molecule has 3 heterocycles. The van der Waals surface area contributed by atoms with E-state index in [-0.39, 0.29) is 11.5 Å². The van der Waals surface area contributed by atoms with Gasteiger partial charge in [0.1, 0.15) is 0 Å². The van der Waals surface area contributed by atoms with E-state index in [9.17, 15) is 9.59 Å². The molecule has 150 valence electrons. The van der Waals surface area contributed by atoms with Crippen molar-refractivity contribution in [2.24, 2.45) is 5.92 Å². The molecule has 0 bridgehead atoms. The molecule has 3 aromatic heterocycles. The number of hydrogen-bond acceptors (Lipinski definition) is 7. The maximum Gasteiger partial charge on any atom is 0.258 e. The minimum Gasteiger partial charge on any atom is -0.326 e. The Bertz CT molecular complexity index is 1260. The molecule has 1 aromatic carbocycles. The molecule has 0 aliphatic heterocycles. The minimum atomic E-state index is -0.0459. The second kappa shape index (κ2) is 8.25. The highest BCUT2D eigenvalue weighted by atomic mass is 32.2. The highest BCUT2D eigenvalue weighted by Gasteiger charge is 2.11. The SMILES string of the molecule is Cc1csc2nc(CSc3nc4ccc(NC(=O)CC(C)C)cc4s3)cc(=O)n12. The van der Waals surface area contributed by atoms with Crippen molar-refractivity contribution < 1.29 is 4.79 Å². The van der Waals surface area contributed by atoms with Gasteiger partial charge >= 0.3 is 0 Å². The summed E-state index contributed by atoms with van der Waals surface area (Å²) in [6.07, 6.45) is 0.503. The minimum absolute atomic E-state index is 0.0232. The molecule has 0 atom stereocenters. The summed E-state index contributed by atoms with van der Waals surface area (Å²) in [5, 5.41) is 4.88. The number of thiazole rings is 2. The second-order valence-corrected chi connectivity index (χ2v) is 10.3. The molecule has 0 unspecified atom stereocenters. The molecule has 9 heteroatoms. The Labute approximate surface area is 180 Å². The topological polar surface area (TPSA) is 76.4 Å². The standard InChI is InChI=1S/C20H20N4O2S3/c1-11(2)6-17(25)21-13-4-5-15-16(7-13)29-20(23-15)28-10-14-8-18(26)24-12(3)9-27-19(24)22-14/h4-5,7-9,11H,6,10H2,1-3H3,(H,21,25). The molecule has 6 nitrogen and oxygen atoms in total. The van der Waals surface area contributed by atoms with Gasteiger partial charge in [-0.2, -0.15) is 0 Å². The van der Waals surface area contributed by atoms with Gasteiger partial charge in [-0.25, -0.2) is 9.97 Å². The number of carbonyl (C=O) groups excluding carboxylic acids is 1. The van der Waals surface area contributed by atoms with E-state index in [2.05, 4.69) is 15.3 Å². The summed E-state index contributed by atoms with van der Waals surface area (Å²) >= 11 is 4.61. The Balaban J connectivity index is 1.48. The number of amides is 1. The van der Waals surface area contributed by atoms with Gasteiger partial charge in [0.15, 0.2) is 9.30 Å². The highest BCUT2D eigenvalue weighted by Crippen LogP contribution is 2.32. The number of carbonyl (C=O) groups is 1. The molecular weight excluding hydrogens is 424 g/mol. The predicted molar refractivity (Wildman–Crippen MR) is 121 cm³/mol. The number of fused-ring (bicyclic) bond motifs is 2. The number of nitrogens with one attached hydrogen (secondary N) is 1. The third-order valence-corrected chi connectivity index (χ3v) is 7.36. The average molecular weight is 445 g/mol. The molecule has 29 heavy (non-hydrogen) atoms. The number of anilines is 1.